The summed E-state index contributed by atoms with van der Waals surface area (Å²) >= 11 is 0. The monoisotopic (exact) mass is 636 g/mol. The lowest BCUT2D eigenvalue weighted by Gasteiger charge is -2.12. The molecule has 0 aromatic carbocycles. The molecule has 0 unspecified atom stereocenters. The lowest BCUT2D eigenvalue weighted by Crippen LogP contribution is -2.23. The van der Waals surface area contributed by atoms with Crippen LogP contribution in [0.4, 0.5) is 0 Å². The average Bonchev–Trinajstić information content (AvgIpc) is 3.49. The number of carbonyl (C=O) groups is 1. The SMILES string of the molecule is C/C=C(\C)CO.CC(C)(C)C=O.CC(C)(O)CO.CCC(C)(C)C.CCC(C)(C)O.CC[C@@]1(C)O[C@@H]1C.CN=CC(C)(C)C. The van der Waals surface area contributed by atoms with E-state index < -0.39 is 11.2 Å². The maximum Gasteiger partial charge on any atom is 0.125 e. The number of allylic oxidation sites excluding steroid dienone is 1. The maximum absolute atomic E-state index is 9.83. The van der Waals surface area contributed by atoms with Gasteiger partial charge in [0.15, 0.2) is 0 Å². The Morgan fingerprint density at radius 3 is 1.11 bits per heavy atom. The number of nitrogens with zero attached hydrogens (tertiary/aromatic N) is 1. The first-order valence-corrected chi connectivity index (χ1v) is 16.2. The van der Waals surface area contributed by atoms with E-state index in [1.165, 1.54) is 6.42 Å². The van der Waals surface area contributed by atoms with Gasteiger partial charge in [0.1, 0.15) is 6.29 Å². The Morgan fingerprint density at radius 1 is 0.818 bits per heavy atom. The van der Waals surface area contributed by atoms with Crippen molar-refractivity contribution in [3.63, 3.8) is 0 Å². The second kappa shape index (κ2) is 27.0. The molecule has 0 aromatic heterocycles. The lowest BCUT2D eigenvalue weighted by atomic mass is 9.94. The molecule has 1 aliphatic rings. The third-order valence-electron chi connectivity index (χ3n) is 5.88. The van der Waals surface area contributed by atoms with Crippen LogP contribution in [0, 0.1) is 16.2 Å². The van der Waals surface area contributed by atoms with Crippen molar-refractivity contribution >= 4 is 12.5 Å². The predicted molar refractivity (Wildman–Crippen MR) is 195 cm³/mol. The molecule has 1 heterocycles. The van der Waals surface area contributed by atoms with Crippen molar-refractivity contribution < 1.29 is 30.0 Å². The molecule has 2 atom stereocenters. The number of epoxide rings is 1. The van der Waals surface area contributed by atoms with Gasteiger partial charge < -0.3 is 34.9 Å². The molecule has 0 saturated carbocycles. The van der Waals surface area contributed by atoms with Crippen LogP contribution in [0.2, 0.25) is 0 Å². The molecular formula is C37H81NO6. The van der Waals surface area contributed by atoms with Crippen LogP contribution in [0.1, 0.15) is 158 Å². The zero-order valence-corrected chi connectivity index (χ0v) is 33.4. The normalized spacial score (nSPS) is 18.0. The molecule has 0 radical (unpaired) electrons. The summed E-state index contributed by atoms with van der Waals surface area (Å²) in [5.74, 6) is 0. The highest BCUT2D eigenvalue weighted by atomic mass is 16.6. The van der Waals surface area contributed by atoms with Gasteiger partial charge in [-0.15, -0.1) is 0 Å². The van der Waals surface area contributed by atoms with Crippen LogP contribution in [-0.2, 0) is 9.53 Å². The summed E-state index contributed by atoms with van der Waals surface area (Å²) in [5.41, 5.74) is 0.573. The molecule has 270 valence electrons. The Labute approximate surface area is 276 Å². The number of aliphatic hydroxyl groups is 4. The smallest absolute Gasteiger partial charge is 0.125 e. The highest BCUT2D eigenvalue weighted by molar-refractivity contribution is 5.63. The highest BCUT2D eigenvalue weighted by Crippen LogP contribution is 2.38. The van der Waals surface area contributed by atoms with Crippen LogP contribution in [0.25, 0.3) is 0 Å². The van der Waals surface area contributed by atoms with E-state index in [4.69, 9.17) is 25.2 Å². The molecule has 0 aliphatic carbocycles. The van der Waals surface area contributed by atoms with E-state index in [9.17, 15) is 4.79 Å². The average molecular weight is 636 g/mol. The van der Waals surface area contributed by atoms with E-state index in [0.29, 0.717) is 11.5 Å². The van der Waals surface area contributed by atoms with Gasteiger partial charge in [-0.3, -0.25) is 0 Å². The Balaban J connectivity index is -0.0000000959. The van der Waals surface area contributed by atoms with Crippen molar-refractivity contribution in [2.24, 2.45) is 21.2 Å². The molecule has 4 N–H and O–H groups in total. The number of rotatable bonds is 4. The summed E-state index contributed by atoms with van der Waals surface area (Å²) in [6, 6.07) is 0. The molecule has 0 spiro atoms. The molecule has 0 amide bonds. The van der Waals surface area contributed by atoms with Crippen molar-refractivity contribution in [1.82, 2.24) is 0 Å². The summed E-state index contributed by atoms with van der Waals surface area (Å²) in [5, 5.41) is 33.8. The van der Waals surface area contributed by atoms with Crippen LogP contribution in [-0.4, -0.2) is 76.1 Å². The first-order chi connectivity index (χ1) is 19.3. The molecule has 1 aliphatic heterocycles. The molecule has 1 rings (SSSR count). The van der Waals surface area contributed by atoms with Crippen LogP contribution in [0.3, 0.4) is 0 Å². The fourth-order valence-electron chi connectivity index (χ4n) is 1.22. The van der Waals surface area contributed by atoms with Gasteiger partial charge in [-0.1, -0.05) is 101 Å². The number of ether oxygens (including phenoxy) is 1. The molecule has 0 aromatic rings. The van der Waals surface area contributed by atoms with Crippen LogP contribution in [0.15, 0.2) is 16.6 Å². The Hall–Kier alpha value is -1.12. The molecule has 1 saturated heterocycles. The highest BCUT2D eigenvalue weighted by Gasteiger charge is 2.46. The van der Waals surface area contributed by atoms with Crippen molar-refractivity contribution in [2.75, 3.05) is 20.3 Å². The summed E-state index contributed by atoms with van der Waals surface area (Å²) in [6.07, 6.45) is 8.52. The zero-order chi connectivity index (χ0) is 37.2. The van der Waals surface area contributed by atoms with Gasteiger partial charge in [-0.25, -0.2) is 0 Å². The van der Waals surface area contributed by atoms with Crippen molar-refractivity contribution in [2.45, 2.75) is 181 Å². The molecular weight excluding hydrogens is 554 g/mol. The van der Waals surface area contributed by atoms with Crippen LogP contribution in [0.5, 0.6) is 0 Å². The number of aldehydes is 1. The molecule has 0 bridgehead atoms. The van der Waals surface area contributed by atoms with Gasteiger partial charge in [0.2, 0.25) is 0 Å². The minimum atomic E-state index is -0.903. The van der Waals surface area contributed by atoms with Gasteiger partial charge in [0.05, 0.1) is 36.1 Å². The largest absolute Gasteiger partial charge is 0.393 e. The van der Waals surface area contributed by atoms with E-state index in [1.54, 1.807) is 34.7 Å². The van der Waals surface area contributed by atoms with E-state index in [0.717, 1.165) is 24.7 Å². The van der Waals surface area contributed by atoms with Gasteiger partial charge in [-0.2, -0.15) is 0 Å². The topological polar surface area (TPSA) is 123 Å². The molecule has 7 nitrogen and oxygen atoms in total. The van der Waals surface area contributed by atoms with Crippen LogP contribution < -0.4 is 0 Å². The van der Waals surface area contributed by atoms with Crippen molar-refractivity contribution in [3.8, 4) is 0 Å². The third kappa shape index (κ3) is 68.2. The summed E-state index contributed by atoms with van der Waals surface area (Å²) in [4.78, 5) is 13.7. The second-order valence-electron chi connectivity index (χ2n) is 16.0. The number of carbonyl (C=O) groups excluding carboxylic acids is 1. The fraction of sp³-hybridized carbons (Fsp3) is 0.892. The quantitative estimate of drug-likeness (QED) is 0.106. The Kier molecular flexibility index (Phi) is 34.0. The Bertz CT molecular complexity index is 659. The number of aliphatic imine (C=N–C) groups is 1. The third-order valence-corrected chi connectivity index (χ3v) is 5.88. The van der Waals surface area contributed by atoms with E-state index in [1.807, 2.05) is 53.8 Å². The van der Waals surface area contributed by atoms with Gasteiger partial charge in [-0.05, 0) is 79.1 Å². The molecule has 44 heavy (non-hydrogen) atoms. The molecule has 7 heteroatoms. The first-order valence-electron chi connectivity index (χ1n) is 16.2. The van der Waals surface area contributed by atoms with E-state index in [-0.39, 0.29) is 29.6 Å². The second-order valence-corrected chi connectivity index (χ2v) is 16.0. The zero-order valence-electron chi connectivity index (χ0n) is 33.4. The fourth-order valence-corrected chi connectivity index (χ4v) is 1.22. The number of hydrogen-bond donors (Lipinski definition) is 4. The number of hydrogen-bond acceptors (Lipinski definition) is 7. The Morgan fingerprint density at radius 2 is 1.11 bits per heavy atom. The first kappa shape index (κ1) is 55.3. The maximum atomic E-state index is 9.83. The van der Waals surface area contributed by atoms with Crippen molar-refractivity contribution in [3.05, 3.63) is 11.6 Å². The van der Waals surface area contributed by atoms with Gasteiger partial charge >= 0.3 is 0 Å². The number of aliphatic hydroxyl groups excluding tert-OH is 2. The van der Waals surface area contributed by atoms with Gasteiger partial charge in [0.25, 0.3) is 0 Å². The minimum Gasteiger partial charge on any atom is -0.393 e. The minimum absolute atomic E-state index is 0.139. The van der Waals surface area contributed by atoms with E-state index >= 15 is 0 Å². The summed E-state index contributed by atoms with van der Waals surface area (Å²) < 4.78 is 5.25. The van der Waals surface area contributed by atoms with Gasteiger partial charge in [0, 0.05) is 18.7 Å². The van der Waals surface area contributed by atoms with Crippen molar-refractivity contribution in [1.29, 1.82) is 0 Å². The summed E-state index contributed by atoms with van der Waals surface area (Å²) in [6.45, 7) is 39.8. The predicted octanol–water partition coefficient (Wildman–Crippen LogP) is 8.84. The van der Waals surface area contributed by atoms with Crippen LogP contribution >= 0.6 is 0 Å². The van der Waals surface area contributed by atoms with E-state index in [2.05, 4.69) is 74.2 Å². The lowest BCUT2D eigenvalue weighted by molar-refractivity contribution is -0.113. The summed E-state index contributed by atoms with van der Waals surface area (Å²) in [7, 11) is 1.80. The standard InChI is InChI=1S/C6H13N.C6H12O.C6H14.C5H10O.C5H12O.C5H10O.C4H10O2/c1-6(2,3)5-7-4;1-4-6(3)5(2)7-6;1-5-6(2,3)4;1-5(2,3)4-6;1-4-5(2,3)6;1-3-5(2)4-6;1-4(2,6)3-5/h5H,1-4H3;5H,4H2,1-3H3;5H2,1-4H3;4H,1-3H3;6H,4H2,1-3H3;3,6H,4H2,1-2H3;5-6H,3H2,1-2H3/b;;;;;5-3+;/t;5-,6-;;;;;/m.1...../s1. The molecule has 1 fully saturated rings.